The number of halogens is 1. The number of ether oxygens (including phenoxy) is 1. The van der Waals surface area contributed by atoms with E-state index in [1.54, 1.807) is 18.3 Å². The third kappa shape index (κ3) is 4.75. The van der Waals surface area contributed by atoms with Gasteiger partial charge in [-0.25, -0.2) is 9.48 Å². The monoisotopic (exact) mass is 403 g/mol. The standard InChI is InChI=1S/C19H18ClN3O3S/c1-13-17(18(20)23(22-13)14-6-3-2-4-7-14)19(25)26-12-16(24)21-10-9-15-8-5-11-27-15/h2-8,11H,9-10,12H2,1H3,(H,21,24). The fourth-order valence-electron chi connectivity index (χ4n) is 2.51. The molecule has 1 N–H and O–H groups in total. The van der Waals surface area contributed by atoms with Crippen LogP contribution in [0.4, 0.5) is 0 Å². The number of benzene rings is 1. The number of nitrogens with zero attached hydrogens (tertiary/aromatic N) is 2. The number of hydrogen-bond donors (Lipinski definition) is 1. The summed E-state index contributed by atoms with van der Waals surface area (Å²) in [5.41, 5.74) is 1.33. The summed E-state index contributed by atoms with van der Waals surface area (Å²) in [6.45, 7) is 1.79. The molecule has 0 aliphatic carbocycles. The first-order valence-electron chi connectivity index (χ1n) is 8.33. The van der Waals surface area contributed by atoms with Crippen molar-refractivity contribution in [2.75, 3.05) is 13.2 Å². The molecule has 2 heterocycles. The number of carbonyl (C=O) groups is 2. The summed E-state index contributed by atoms with van der Waals surface area (Å²) in [5, 5.41) is 9.16. The summed E-state index contributed by atoms with van der Waals surface area (Å²) in [7, 11) is 0. The highest BCUT2D eigenvalue weighted by molar-refractivity contribution is 7.09. The van der Waals surface area contributed by atoms with Crippen LogP contribution >= 0.6 is 22.9 Å². The van der Waals surface area contributed by atoms with Crippen LogP contribution in [0.2, 0.25) is 5.15 Å². The summed E-state index contributed by atoms with van der Waals surface area (Å²) in [4.78, 5) is 25.4. The first-order valence-corrected chi connectivity index (χ1v) is 9.58. The molecule has 0 spiro atoms. The van der Waals surface area contributed by atoms with Crippen molar-refractivity contribution in [2.24, 2.45) is 0 Å². The van der Waals surface area contributed by atoms with Gasteiger partial charge in [0.1, 0.15) is 10.7 Å². The van der Waals surface area contributed by atoms with E-state index in [0.717, 1.165) is 12.1 Å². The van der Waals surface area contributed by atoms with Crippen molar-refractivity contribution >= 4 is 34.8 Å². The number of amides is 1. The van der Waals surface area contributed by atoms with E-state index in [1.165, 1.54) is 9.56 Å². The molecule has 6 nitrogen and oxygen atoms in total. The average molecular weight is 404 g/mol. The molecule has 0 saturated carbocycles. The molecule has 0 unspecified atom stereocenters. The second-order valence-electron chi connectivity index (χ2n) is 5.75. The number of carbonyl (C=O) groups excluding carboxylic acids is 2. The zero-order chi connectivity index (χ0) is 19.2. The van der Waals surface area contributed by atoms with Crippen LogP contribution in [0.25, 0.3) is 5.69 Å². The van der Waals surface area contributed by atoms with Gasteiger partial charge in [0.15, 0.2) is 6.61 Å². The van der Waals surface area contributed by atoms with Gasteiger partial charge in [-0.05, 0) is 36.9 Å². The molecule has 2 aromatic heterocycles. The Balaban J connectivity index is 1.56. The van der Waals surface area contributed by atoms with Gasteiger partial charge >= 0.3 is 5.97 Å². The lowest BCUT2D eigenvalue weighted by atomic mass is 10.2. The summed E-state index contributed by atoms with van der Waals surface area (Å²) >= 11 is 7.95. The van der Waals surface area contributed by atoms with Gasteiger partial charge in [-0.2, -0.15) is 5.10 Å². The van der Waals surface area contributed by atoms with Crippen LogP contribution in [-0.2, 0) is 16.0 Å². The molecule has 0 bridgehead atoms. The lowest BCUT2D eigenvalue weighted by Crippen LogP contribution is -2.30. The second kappa shape index (κ2) is 8.83. The Morgan fingerprint density at radius 2 is 2.00 bits per heavy atom. The van der Waals surface area contributed by atoms with E-state index in [-0.39, 0.29) is 23.2 Å². The highest BCUT2D eigenvalue weighted by atomic mass is 35.5. The minimum atomic E-state index is -0.673. The Bertz CT molecular complexity index is 923. The first kappa shape index (κ1) is 19.1. The lowest BCUT2D eigenvalue weighted by Gasteiger charge is -2.06. The van der Waals surface area contributed by atoms with Crippen LogP contribution in [0.5, 0.6) is 0 Å². The highest BCUT2D eigenvalue weighted by Crippen LogP contribution is 2.24. The maximum absolute atomic E-state index is 12.4. The molecular formula is C19H18ClN3O3S. The number of rotatable bonds is 7. The fourth-order valence-corrected chi connectivity index (χ4v) is 3.56. The molecule has 3 aromatic rings. The van der Waals surface area contributed by atoms with Gasteiger partial charge in [0, 0.05) is 11.4 Å². The molecule has 1 aromatic carbocycles. The largest absolute Gasteiger partial charge is 0.452 e. The van der Waals surface area contributed by atoms with Crippen molar-refractivity contribution in [3.05, 3.63) is 69.1 Å². The normalized spacial score (nSPS) is 10.6. The number of hydrogen-bond acceptors (Lipinski definition) is 5. The molecule has 0 radical (unpaired) electrons. The Labute approximate surface area is 165 Å². The quantitative estimate of drug-likeness (QED) is 0.613. The van der Waals surface area contributed by atoms with Crippen molar-refractivity contribution < 1.29 is 14.3 Å². The Hall–Kier alpha value is -2.64. The van der Waals surface area contributed by atoms with E-state index in [0.29, 0.717) is 12.2 Å². The minimum absolute atomic E-state index is 0.154. The van der Waals surface area contributed by atoms with E-state index in [9.17, 15) is 9.59 Å². The highest BCUT2D eigenvalue weighted by Gasteiger charge is 2.23. The molecule has 0 aliphatic rings. The number of aryl methyl sites for hydroxylation is 1. The maximum Gasteiger partial charge on any atom is 0.343 e. The topological polar surface area (TPSA) is 73.2 Å². The number of thiophene rings is 1. The average Bonchev–Trinajstić information content (AvgIpc) is 3.28. The third-order valence-corrected chi connectivity index (χ3v) is 5.10. The Kier molecular flexibility index (Phi) is 6.26. The molecular weight excluding hydrogens is 386 g/mol. The van der Waals surface area contributed by atoms with Crippen molar-refractivity contribution in [3.63, 3.8) is 0 Å². The van der Waals surface area contributed by atoms with Gasteiger partial charge in [-0.3, -0.25) is 4.79 Å². The summed E-state index contributed by atoms with van der Waals surface area (Å²) < 4.78 is 6.57. The van der Waals surface area contributed by atoms with E-state index in [1.807, 2.05) is 47.8 Å². The summed E-state index contributed by atoms with van der Waals surface area (Å²) in [6.07, 6.45) is 0.742. The van der Waals surface area contributed by atoms with Gasteiger partial charge in [0.25, 0.3) is 5.91 Å². The van der Waals surface area contributed by atoms with Gasteiger partial charge in [0.05, 0.1) is 11.4 Å². The lowest BCUT2D eigenvalue weighted by molar-refractivity contribution is -0.124. The molecule has 1 amide bonds. The van der Waals surface area contributed by atoms with Crippen LogP contribution in [0, 0.1) is 6.92 Å². The van der Waals surface area contributed by atoms with Crippen molar-refractivity contribution in [3.8, 4) is 5.69 Å². The van der Waals surface area contributed by atoms with Gasteiger partial charge in [-0.15, -0.1) is 11.3 Å². The number of nitrogens with one attached hydrogen (secondary N) is 1. The van der Waals surface area contributed by atoms with Crippen molar-refractivity contribution in [1.82, 2.24) is 15.1 Å². The molecule has 27 heavy (non-hydrogen) atoms. The summed E-state index contributed by atoms with van der Waals surface area (Å²) in [6, 6.07) is 13.2. The number of esters is 1. The van der Waals surface area contributed by atoms with Gasteiger partial charge in [0.2, 0.25) is 0 Å². The SMILES string of the molecule is Cc1nn(-c2ccccc2)c(Cl)c1C(=O)OCC(=O)NCCc1cccs1. The second-order valence-corrected chi connectivity index (χ2v) is 7.14. The molecule has 0 saturated heterocycles. The molecule has 3 rings (SSSR count). The number of aromatic nitrogens is 2. The van der Waals surface area contributed by atoms with Crippen LogP contribution in [0.3, 0.4) is 0 Å². The zero-order valence-corrected chi connectivity index (χ0v) is 16.2. The molecule has 0 fully saturated rings. The first-order chi connectivity index (χ1) is 13.1. The fraction of sp³-hybridized carbons (Fsp3) is 0.211. The zero-order valence-electron chi connectivity index (χ0n) is 14.6. The van der Waals surface area contributed by atoms with E-state index in [2.05, 4.69) is 10.4 Å². The molecule has 8 heteroatoms. The Morgan fingerprint density at radius 3 is 2.70 bits per heavy atom. The van der Waals surface area contributed by atoms with Crippen LogP contribution in [0.1, 0.15) is 20.9 Å². The molecule has 140 valence electrons. The number of para-hydroxylation sites is 1. The molecule has 0 atom stereocenters. The maximum atomic E-state index is 12.4. The smallest absolute Gasteiger partial charge is 0.343 e. The van der Waals surface area contributed by atoms with Gasteiger partial charge < -0.3 is 10.1 Å². The van der Waals surface area contributed by atoms with Crippen molar-refractivity contribution in [1.29, 1.82) is 0 Å². The Morgan fingerprint density at radius 1 is 1.22 bits per heavy atom. The van der Waals surface area contributed by atoms with E-state index < -0.39 is 5.97 Å². The van der Waals surface area contributed by atoms with Crippen LogP contribution in [-0.4, -0.2) is 34.8 Å². The predicted molar refractivity (Wildman–Crippen MR) is 105 cm³/mol. The molecule has 0 aliphatic heterocycles. The van der Waals surface area contributed by atoms with Crippen LogP contribution < -0.4 is 5.32 Å². The predicted octanol–water partition coefficient (Wildman–Crippen LogP) is 3.41. The summed E-state index contributed by atoms with van der Waals surface area (Å²) in [5.74, 6) is -1.03. The van der Waals surface area contributed by atoms with Crippen LogP contribution in [0.15, 0.2) is 47.8 Å². The third-order valence-electron chi connectivity index (χ3n) is 3.82. The van der Waals surface area contributed by atoms with E-state index in [4.69, 9.17) is 16.3 Å². The van der Waals surface area contributed by atoms with Gasteiger partial charge in [-0.1, -0.05) is 35.9 Å². The minimum Gasteiger partial charge on any atom is -0.452 e. The van der Waals surface area contributed by atoms with E-state index >= 15 is 0 Å². The van der Waals surface area contributed by atoms with Crippen molar-refractivity contribution in [2.45, 2.75) is 13.3 Å².